The molecule has 1 aromatic heterocycles. The van der Waals surface area contributed by atoms with Gasteiger partial charge in [-0.1, -0.05) is 0 Å². The van der Waals surface area contributed by atoms with Gasteiger partial charge in [0, 0.05) is 18.2 Å². The number of rotatable bonds is 1. The van der Waals surface area contributed by atoms with E-state index in [1.807, 2.05) is 6.92 Å². The minimum absolute atomic E-state index is 0.00111. The van der Waals surface area contributed by atoms with Gasteiger partial charge in [-0.15, -0.1) is 0 Å². The number of aromatic nitrogens is 1. The number of pyridine rings is 1. The molecular weight excluding hydrogens is 128 g/mol. The molecule has 0 amide bonds. The minimum Gasteiger partial charge on any atom is -0.619 e. The Labute approximate surface area is 59.7 Å². The van der Waals surface area contributed by atoms with E-state index < -0.39 is 0 Å². The maximum atomic E-state index is 10.5. The van der Waals surface area contributed by atoms with Gasteiger partial charge >= 0.3 is 0 Å². The van der Waals surface area contributed by atoms with Crippen molar-refractivity contribution in [3.8, 4) is 0 Å². The van der Waals surface area contributed by atoms with Crippen LogP contribution in [0, 0.1) is 5.21 Å². The summed E-state index contributed by atoms with van der Waals surface area (Å²) in [6.45, 7) is 1.88. The van der Waals surface area contributed by atoms with Crippen molar-refractivity contribution in [1.82, 2.24) is 0 Å². The maximum Gasteiger partial charge on any atom is 0.180 e. The smallest absolute Gasteiger partial charge is 0.180 e. The van der Waals surface area contributed by atoms with E-state index >= 15 is 0 Å². The van der Waals surface area contributed by atoms with Gasteiger partial charge in [-0.05, 0) is 12.5 Å². The second kappa shape index (κ2) is 2.66. The number of hydrogen-bond donors (Lipinski definition) is 1. The van der Waals surface area contributed by atoms with Crippen molar-refractivity contribution >= 4 is 0 Å². The lowest BCUT2D eigenvalue weighted by Gasteiger charge is -2.02. The topological polar surface area (TPSA) is 53.0 Å². The summed E-state index contributed by atoms with van der Waals surface area (Å²) in [6.07, 6.45) is 2.89. The van der Waals surface area contributed by atoms with E-state index in [9.17, 15) is 5.21 Å². The summed E-state index contributed by atoms with van der Waals surface area (Å²) in [6, 6.07) is 3.44. The summed E-state index contributed by atoms with van der Waals surface area (Å²) in [5, 5.41) is 10.5. The first kappa shape index (κ1) is 7.02. The van der Waals surface area contributed by atoms with Gasteiger partial charge in [-0.3, -0.25) is 0 Å². The Hall–Kier alpha value is -1.09. The third-order valence-electron chi connectivity index (χ3n) is 1.35. The molecule has 3 heteroatoms. The number of hydrogen-bond acceptors (Lipinski definition) is 2. The lowest BCUT2D eigenvalue weighted by molar-refractivity contribution is -0.605. The van der Waals surface area contributed by atoms with E-state index in [4.69, 9.17) is 5.73 Å². The average Bonchev–Trinajstić information content (AvgIpc) is 1.88. The van der Waals surface area contributed by atoms with Gasteiger partial charge in [0.25, 0.3) is 0 Å². The van der Waals surface area contributed by atoms with Crippen molar-refractivity contribution in [2.75, 3.05) is 0 Å². The Morgan fingerprint density at radius 2 is 2.00 bits per heavy atom. The van der Waals surface area contributed by atoms with Gasteiger partial charge in [-0.25, -0.2) is 0 Å². The highest BCUT2D eigenvalue weighted by atomic mass is 16.5. The summed E-state index contributed by atoms with van der Waals surface area (Å²) in [5.74, 6) is 0. The predicted molar refractivity (Wildman–Crippen MR) is 38.0 cm³/mol. The van der Waals surface area contributed by atoms with Crippen molar-refractivity contribution in [2.24, 2.45) is 5.73 Å². The van der Waals surface area contributed by atoms with Crippen molar-refractivity contribution < 1.29 is 4.73 Å². The second-order valence-electron chi connectivity index (χ2n) is 2.28. The van der Waals surface area contributed by atoms with E-state index in [-0.39, 0.29) is 6.04 Å². The Balaban J connectivity index is 2.89. The van der Waals surface area contributed by atoms with Crippen LogP contribution in [0.15, 0.2) is 24.5 Å². The van der Waals surface area contributed by atoms with Crippen LogP contribution in [0.5, 0.6) is 0 Å². The summed E-state index contributed by atoms with van der Waals surface area (Å²) >= 11 is 0. The molecule has 2 N–H and O–H groups in total. The van der Waals surface area contributed by atoms with E-state index in [0.29, 0.717) is 0 Å². The molecular formula is C7H10N2O. The molecule has 1 atom stereocenters. The highest BCUT2D eigenvalue weighted by molar-refractivity contribution is 5.10. The number of nitrogens with zero attached hydrogens (tertiary/aromatic N) is 1. The molecule has 0 aromatic carbocycles. The third kappa shape index (κ3) is 1.45. The first-order valence-electron chi connectivity index (χ1n) is 3.14. The minimum atomic E-state index is 0.00111. The van der Waals surface area contributed by atoms with Gasteiger partial charge in [0.05, 0.1) is 0 Å². The highest BCUT2D eigenvalue weighted by Crippen LogP contribution is 2.04. The van der Waals surface area contributed by atoms with Gasteiger partial charge in [-0.2, -0.15) is 4.73 Å². The molecule has 0 spiro atoms. The molecule has 0 aliphatic heterocycles. The normalized spacial score (nSPS) is 13.0. The fourth-order valence-electron chi connectivity index (χ4n) is 0.728. The van der Waals surface area contributed by atoms with E-state index in [0.717, 1.165) is 10.3 Å². The Bertz CT molecular complexity index is 205. The largest absolute Gasteiger partial charge is 0.619 e. The van der Waals surface area contributed by atoms with Crippen LogP contribution >= 0.6 is 0 Å². The third-order valence-corrected chi connectivity index (χ3v) is 1.35. The molecule has 10 heavy (non-hydrogen) atoms. The van der Waals surface area contributed by atoms with Crippen LogP contribution in [0.3, 0.4) is 0 Å². The van der Waals surface area contributed by atoms with Crippen LogP contribution in [0.2, 0.25) is 0 Å². The summed E-state index contributed by atoms with van der Waals surface area (Å²) in [5.41, 5.74) is 6.53. The highest BCUT2D eigenvalue weighted by Gasteiger charge is 1.98. The molecule has 0 saturated heterocycles. The summed E-state index contributed by atoms with van der Waals surface area (Å²) < 4.78 is 0.742. The zero-order valence-electron chi connectivity index (χ0n) is 5.82. The lowest BCUT2D eigenvalue weighted by Crippen LogP contribution is -2.24. The van der Waals surface area contributed by atoms with Gasteiger partial charge < -0.3 is 10.9 Å². The van der Waals surface area contributed by atoms with Crippen molar-refractivity contribution in [3.63, 3.8) is 0 Å². The molecule has 1 unspecified atom stereocenters. The van der Waals surface area contributed by atoms with Gasteiger partial charge in [0.1, 0.15) is 0 Å². The quantitative estimate of drug-likeness (QED) is 0.449. The molecule has 0 aliphatic carbocycles. The van der Waals surface area contributed by atoms with Gasteiger partial charge in [0.2, 0.25) is 0 Å². The predicted octanol–water partition coefficient (Wildman–Crippen LogP) is 0.340. The van der Waals surface area contributed by atoms with E-state index in [1.165, 1.54) is 12.4 Å². The molecule has 54 valence electrons. The van der Waals surface area contributed by atoms with Crippen LogP contribution in [-0.2, 0) is 0 Å². The van der Waals surface area contributed by atoms with Crippen molar-refractivity contribution in [2.45, 2.75) is 13.0 Å². The monoisotopic (exact) mass is 138 g/mol. The SMILES string of the molecule is CC(N)c1cc[n+]([O-])cc1. The molecule has 0 fully saturated rings. The zero-order chi connectivity index (χ0) is 7.56. The molecule has 1 heterocycles. The van der Waals surface area contributed by atoms with Crippen LogP contribution in [0.1, 0.15) is 18.5 Å². The second-order valence-corrected chi connectivity index (χ2v) is 2.28. The molecule has 0 bridgehead atoms. The fourth-order valence-corrected chi connectivity index (χ4v) is 0.728. The van der Waals surface area contributed by atoms with Crippen LogP contribution in [0.4, 0.5) is 0 Å². The molecule has 0 radical (unpaired) electrons. The van der Waals surface area contributed by atoms with E-state index in [2.05, 4.69) is 0 Å². The first-order valence-corrected chi connectivity index (χ1v) is 3.14. The lowest BCUT2D eigenvalue weighted by atomic mass is 10.1. The molecule has 1 aromatic rings. The first-order chi connectivity index (χ1) is 4.70. The molecule has 0 aliphatic rings. The Morgan fingerprint density at radius 3 is 2.40 bits per heavy atom. The standard InChI is InChI=1S/C7H10N2O/c1-6(8)7-2-4-9(10)5-3-7/h2-6H,8H2,1H3. The summed E-state index contributed by atoms with van der Waals surface area (Å²) in [7, 11) is 0. The average molecular weight is 138 g/mol. The maximum absolute atomic E-state index is 10.5. The molecule has 3 nitrogen and oxygen atoms in total. The van der Waals surface area contributed by atoms with Crippen molar-refractivity contribution in [1.29, 1.82) is 0 Å². The fraction of sp³-hybridized carbons (Fsp3) is 0.286. The zero-order valence-corrected chi connectivity index (χ0v) is 5.82. The molecule has 1 rings (SSSR count). The van der Waals surface area contributed by atoms with Crippen LogP contribution < -0.4 is 10.5 Å². The van der Waals surface area contributed by atoms with Gasteiger partial charge in [0.15, 0.2) is 12.4 Å². The Morgan fingerprint density at radius 1 is 1.50 bits per heavy atom. The van der Waals surface area contributed by atoms with E-state index in [1.54, 1.807) is 12.1 Å². The Kier molecular flexibility index (Phi) is 1.87. The number of nitrogens with two attached hydrogens (primary N) is 1. The van der Waals surface area contributed by atoms with Crippen LogP contribution in [0.25, 0.3) is 0 Å². The summed E-state index contributed by atoms with van der Waals surface area (Å²) in [4.78, 5) is 0. The van der Waals surface area contributed by atoms with Crippen molar-refractivity contribution in [3.05, 3.63) is 35.3 Å². The molecule has 0 saturated carbocycles. The van der Waals surface area contributed by atoms with Crippen LogP contribution in [-0.4, -0.2) is 0 Å².